The molecule has 4 heterocycles. The van der Waals surface area contributed by atoms with Gasteiger partial charge in [-0.3, -0.25) is 4.79 Å². The van der Waals surface area contributed by atoms with E-state index in [0.717, 1.165) is 50.5 Å². The van der Waals surface area contributed by atoms with Crippen LogP contribution in [0.25, 0.3) is 0 Å². The number of hydrogen-bond acceptors (Lipinski definition) is 6. The first-order valence-electron chi connectivity index (χ1n) is 12.4. The molecule has 0 saturated carbocycles. The van der Waals surface area contributed by atoms with Crippen molar-refractivity contribution in [2.75, 3.05) is 57.5 Å². The van der Waals surface area contributed by atoms with Crippen LogP contribution < -0.4 is 9.64 Å². The molecule has 180 valence electrons. The second-order valence-corrected chi connectivity index (χ2v) is 10.2. The van der Waals surface area contributed by atoms with Gasteiger partial charge >= 0.3 is 0 Å². The normalized spacial score (nSPS) is 26.3. The summed E-state index contributed by atoms with van der Waals surface area (Å²) in [5.41, 5.74) is 1.80. The third-order valence-corrected chi connectivity index (χ3v) is 7.83. The molecule has 7 heteroatoms. The Labute approximate surface area is 200 Å². The second kappa shape index (κ2) is 8.87. The van der Waals surface area contributed by atoms with Gasteiger partial charge in [0.2, 0.25) is 0 Å². The highest BCUT2D eigenvalue weighted by atomic mass is 16.5. The number of hydrogen-bond donors (Lipinski definition) is 1. The van der Waals surface area contributed by atoms with Crippen LogP contribution >= 0.6 is 0 Å². The quantitative estimate of drug-likeness (QED) is 0.734. The molecule has 1 amide bonds. The molecular weight excluding hydrogens is 432 g/mol. The maximum atomic E-state index is 12.9. The van der Waals surface area contributed by atoms with Gasteiger partial charge in [0.15, 0.2) is 0 Å². The van der Waals surface area contributed by atoms with Gasteiger partial charge in [-0.25, -0.2) is 0 Å². The molecule has 7 nitrogen and oxygen atoms in total. The van der Waals surface area contributed by atoms with Crippen molar-refractivity contribution in [1.29, 1.82) is 0 Å². The average molecular weight is 465 g/mol. The van der Waals surface area contributed by atoms with E-state index in [1.165, 1.54) is 5.69 Å². The van der Waals surface area contributed by atoms with Crippen LogP contribution in [0.1, 0.15) is 28.8 Å². The number of likely N-dealkylation sites (tertiary alicyclic amines) is 1. The summed E-state index contributed by atoms with van der Waals surface area (Å²) in [7, 11) is 0. The van der Waals surface area contributed by atoms with E-state index in [4.69, 9.17) is 14.2 Å². The van der Waals surface area contributed by atoms with E-state index in [2.05, 4.69) is 29.2 Å². The number of rotatable bonds is 5. The molecule has 0 spiro atoms. The molecule has 0 radical (unpaired) electrons. The Morgan fingerprint density at radius 1 is 0.912 bits per heavy atom. The fraction of sp³-hybridized carbons (Fsp3) is 0.519. The number of piperidine rings is 1. The molecule has 2 unspecified atom stereocenters. The number of anilines is 1. The number of nitrogens with zero attached hydrogens (tertiary/aromatic N) is 2. The first kappa shape index (κ1) is 21.9. The lowest BCUT2D eigenvalue weighted by atomic mass is 9.91. The number of ether oxygens (including phenoxy) is 3. The number of amides is 1. The summed E-state index contributed by atoms with van der Waals surface area (Å²) in [5.74, 6) is 2.27. The monoisotopic (exact) mass is 464 g/mol. The minimum atomic E-state index is -0.905. The van der Waals surface area contributed by atoms with Crippen molar-refractivity contribution in [3.63, 3.8) is 0 Å². The van der Waals surface area contributed by atoms with Gasteiger partial charge in [0.1, 0.15) is 17.5 Å². The molecule has 4 aliphatic heterocycles. The van der Waals surface area contributed by atoms with Crippen LogP contribution in [0.15, 0.2) is 48.5 Å². The number of fused-ring (bicyclic) bond motifs is 1. The molecule has 4 fully saturated rings. The van der Waals surface area contributed by atoms with Crippen LogP contribution in [0.2, 0.25) is 0 Å². The topological polar surface area (TPSA) is 71.5 Å². The molecule has 0 aromatic heterocycles. The Morgan fingerprint density at radius 3 is 2.15 bits per heavy atom. The summed E-state index contributed by atoms with van der Waals surface area (Å²) in [5, 5.41) is 10.4. The van der Waals surface area contributed by atoms with Crippen molar-refractivity contribution in [2.45, 2.75) is 24.5 Å². The first-order valence-corrected chi connectivity index (χ1v) is 12.4. The molecule has 6 rings (SSSR count). The van der Waals surface area contributed by atoms with E-state index in [0.29, 0.717) is 43.7 Å². The number of benzene rings is 2. The van der Waals surface area contributed by atoms with E-state index in [1.807, 2.05) is 17.0 Å². The molecule has 0 bridgehead atoms. The van der Waals surface area contributed by atoms with E-state index in [9.17, 15) is 9.90 Å². The molecule has 4 saturated heterocycles. The van der Waals surface area contributed by atoms with Gasteiger partial charge in [-0.15, -0.1) is 0 Å². The molecule has 2 aromatic rings. The third kappa shape index (κ3) is 4.17. The highest BCUT2D eigenvalue weighted by Gasteiger charge is 2.38. The minimum Gasteiger partial charge on any atom is -0.490 e. The predicted molar refractivity (Wildman–Crippen MR) is 127 cm³/mol. The summed E-state index contributed by atoms with van der Waals surface area (Å²) in [6.45, 7) is 5.93. The van der Waals surface area contributed by atoms with Gasteiger partial charge < -0.3 is 29.1 Å². The zero-order valence-corrected chi connectivity index (χ0v) is 19.4. The van der Waals surface area contributed by atoms with Gasteiger partial charge in [0, 0.05) is 62.1 Å². The molecule has 1 N–H and O–H groups in total. The summed E-state index contributed by atoms with van der Waals surface area (Å²) in [4.78, 5) is 17.3. The van der Waals surface area contributed by atoms with Gasteiger partial charge in [-0.1, -0.05) is 12.1 Å². The van der Waals surface area contributed by atoms with E-state index in [1.54, 1.807) is 12.1 Å². The SMILES string of the molecule is O=C(c1ccc(C2(O)COC2)cc1)N1CCC(Oc2ccc(N3CC4COCC4C3)cc2)CC1. The fourth-order valence-electron chi connectivity index (χ4n) is 5.57. The van der Waals surface area contributed by atoms with Gasteiger partial charge in [-0.2, -0.15) is 0 Å². The molecule has 0 aliphatic carbocycles. The zero-order chi connectivity index (χ0) is 23.1. The highest BCUT2D eigenvalue weighted by Crippen LogP contribution is 2.33. The Hall–Kier alpha value is -2.61. The van der Waals surface area contributed by atoms with Gasteiger partial charge in [0.25, 0.3) is 5.91 Å². The summed E-state index contributed by atoms with van der Waals surface area (Å²) in [6, 6.07) is 15.7. The second-order valence-electron chi connectivity index (χ2n) is 10.2. The largest absolute Gasteiger partial charge is 0.490 e. The van der Waals surface area contributed by atoms with Crippen LogP contribution in [-0.2, 0) is 15.1 Å². The minimum absolute atomic E-state index is 0.0342. The number of aliphatic hydroxyl groups is 1. The maximum Gasteiger partial charge on any atom is 0.253 e. The van der Waals surface area contributed by atoms with Crippen molar-refractivity contribution >= 4 is 11.6 Å². The average Bonchev–Trinajstić information content (AvgIpc) is 3.46. The lowest BCUT2D eigenvalue weighted by Gasteiger charge is -2.37. The first-order chi connectivity index (χ1) is 16.6. The lowest BCUT2D eigenvalue weighted by Crippen LogP contribution is -2.46. The van der Waals surface area contributed by atoms with Crippen molar-refractivity contribution in [2.24, 2.45) is 11.8 Å². The van der Waals surface area contributed by atoms with E-state index < -0.39 is 5.60 Å². The van der Waals surface area contributed by atoms with E-state index >= 15 is 0 Å². The standard InChI is InChI=1S/C27H32N2O5/c30-26(19-1-3-22(4-2-19)27(31)17-33-18-27)28-11-9-25(10-12-28)34-24-7-5-23(6-8-24)29-13-20-15-32-16-21(20)14-29/h1-8,20-21,25,31H,9-18H2. The van der Waals surface area contributed by atoms with Crippen LogP contribution in [0, 0.1) is 11.8 Å². The lowest BCUT2D eigenvalue weighted by molar-refractivity contribution is -0.184. The molecule has 34 heavy (non-hydrogen) atoms. The smallest absolute Gasteiger partial charge is 0.253 e. The van der Waals surface area contributed by atoms with Crippen LogP contribution in [0.4, 0.5) is 5.69 Å². The Bertz CT molecular complexity index is 1000. The molecule has 4 aliphatic rings. The van der Waals surface area contributed by atoms with Crippen molar-refractivity contribution in [3.8, 4) is 5.75 Å². The fourth-order valence-corrected chi connectivity index (χ4v) is 5.57. The van der Waals surface area contributed by atoms with Gasteiger partial charge in [-0.05, 0) is 42.0 Å². The van der Waals surface area contributed by atoms with Gasteiger partial charge in [0.05, 0.1) is 26.4 Å². The predicted octanol–water partition coefficient (Wildman–Crippen LogP) is 2.67. The van der Waals surface area contributed by atoms with Crippen LogP contribution in [0.3, 0.4) is 0 Å². The Kier molecular flexibility index (Phi) is 5.71. The zero-order valence-electron chi connectivity index (χ0n) is 19.4. The van der Waals surface area contributed by atoms with Crippen molar-refractivity contribution in [3.05, 3.63) is 59.7 Å². The van der Waals surface area contributed by atoms with Crippen LogP contribution in [0.5, 0.6) is 5.75 Å². The van der Waals surface area contributed by atoms with Crippen LogP contribution in [-0.4, -0.2) is 74.6 Å². The van der Waals surface area contributed by atoms with Crippen molar-refractivity contribution in [1.82, 2.24) is 4.90 Å². The summed E-state index contributed by atoms with van der Waals surface area (Å²) >= 11 is 0. The number of carbonyl (C=O) groups is 1. The Morgan fingerprint density at radius 2 is 1.56 bits per heavy atom. The third-order valence-electron chi connectivity index (χ3n) is 7.83. The summed E-state index contributed by atoms with van der Waals surface area (Å²) in [6.07, 6.45) is 1.75. The van der Waals surface area contributed by atoms with E-state index in [-0.39, 0.29) is 12.0 Å². The Balaban J connectivity index is 0.995. The maximum absolute atomic E-state index is 12.9. The number of carbonyl (C=O) groups excluding carboxylic acids is 1. The van der Waals surface area contributed by atoms with Crippen molar-refractivity contribution < 1.29 is 24.1 Å². The summed E-state index contributed by atoms with van der Waals surface area (Å²) < 4.78 is 16.9. The molecule has 2 aromatic carbocycles. The molecular formula is C27H32N2O5. The molecule has 2 atom stereocenters. The highest BCUT2D eigenvalue weighted by molar-refractivity contribution is 5.94.